The Labute approximate surface area is 102 Å². The van der Waals surface area contributed by atoms with Crippen LogP contribution in [0.15, 0.2) is 18.2 Å². The van der Waals surface area contributed by atoms with Crippen LogP contribution in [0, 0.1) is 17.0 Å². The van der Waals surface area contributed by atoms with Gasteiger partial charge in [0.2, 0.25) is 0 Å². The summed E-state index contributed by atoms with van der Waals surface area (Å²) in [4.78, 5) is 20.4. The maximum atomic E-state index is 10.5. The number of non-ortho nitro benzene ring substituents is 1. The van der Waals surface area contributed by atoms with E-state index in [-0.39, 0.29) is 11.3 Å². The van der Waals surface area contributed by atoms with Crippen molar-refractivity contribution in [2.24, 2.45) is 0 Å². The first-order valence-corrected chi connectivity index (χ1v) is 5.15. The van der Waals surface area contributed by atoms with E-state index in [0.29, 0.717) is 5.56 Å². The van der Waals surface area contributed by atoms with Gasteiger partial charge in [-0.05, 0) is 24.1 Å². The summed E-state index contributed by atoms with van der Waals surface area (Å²) in [5, 5.41) is 38.3. The van der Waals surface area contributed by atoms with Crippen molar-refractivity contribution in [2.75, 3.05) is 0 Å². The van der Waals surface area contributed by atoms with Gasteiger partial charge in [0, 0.05) is 12.1 Å². The van der Waals surface area contributed by atoms with Crippen LogP contribution in [0.5, 0.6) is 0 Å². The van der Waals surface area contributed by atoms with Crippen molar-refractivity contribution in [2.45, 2.75) is 25.6 Å². The summed E-state index contributed by atoms with van der Waals surface area (Å²) in [6.45, 7) is 1.54. The van der Waals surface area contributed by atoms with Gasteiger partial charge in [0.15, 0.2) is 0 Å². The Balaban J connectivity index is 2.96. The smallest absolute Gasteiger partial charge is 0.306 e. The molecular weight excluding hydrogens is 242 g/mol. The number of carboxylic acids is 1. The first-order chi connectivity index (χ1) is 8.32. The van der Waals surface area contributed by atoms with Crippen molar-refractivity contribution in [3.63, 3.8) is 0 Å². The van der Waals surface area contributed by atoms with E-state index in [1.807, 2.05) is 0 Å². The molecule has 0 aliphatic rings. The number of aliphatic carboxylic acids is 1. The molecule has 0 bridgehead atoms. The van der Waals surface area contributed by atoms with E-state index in [4.69, 9.17) is 5.11 Å². The summed E-state index contributed by atoms with van der Waals surface area (Å²) in [7, 11) is 0. The summed E-state index contributed by atoms with van der Waals surface area (Å²) in [5.74, 6) is -1.24. The fourth-order valence-corrected chi connectivity index (χ4v) is 1.60. The predicted molar refractivity (Wildman–Crippen MR) is 61.1 cm³/mol. The highest BCUT2D eigenvalue weighted by Crippen LogP contribution is 2.25. The molecule has 3 N–H and O–H groups in total. The minimum atomic E-state index is -1.46. The molecule has 0 heterocycles. The third kappa shape index (κ3) is 3.25. The molecule has 0 fully saturated rings. The maximum absolute atomic E-state index is 10.5. The van der Waals surface area contributed by atoms with E-state index in [2.05, 4.69) is 0 Å². The van der Waals surface area contributed by atoms with Gasteiger partial charge in [-0.15, -0.1) is 0 Å². The number of nitro groups is 1. The van der Waals surface area contributed by atoms with E-state index < -0.39 is 29.5 Å². The van der Waals surface area contributed by atoms with Crippen LogP contribution < -0.4 is 0 Å². The van der Waals surface area contributed by atoms with Crippen LogP contribution in [0.3, 0.4) is 0 Å². The van der Waals surface area contributed by atoms with Crippen molar-refractivity contribution in [3.8, 4) is 0 Å². The van der Waals surface area contributed by atoms with E-state index >= 15 is 0 Å². The van der Waals surface area contributed by atoms with Gasteiger partial charge < -0.3 is 15.3 Å². The molecule has 0 radical (unpaired) electrons. The first-order valence-electron chi connectivity index (χ1n) is 5.15. The zero-order valence-corrected chi connectivity index (χ0v) is 9.61. The molecule has 7 nitrogen and oxygen atoms in total. The van der Waals surface area contributed by atoms with Crippen molar-refractivity contribution < 1.29 is 25.0 Å². The molecule has 7 heteroatoms. The van der Waals surface area contributed by atoms with Gasteiger partial charge in [-0.1, -0.05) is 0 Å². The van der Waals surface area contributed by atoms with E-state index in [9.17, 15) is 25.1 Å². The quantitative estimate of drug-likeness (QED) is 0.528. The first kappa shape index (κ1) is 14.1. The molecule has 0 saturated heterocycles. The predicted octanol–water partition coefficient (Wildman–Crippen LogP) is 0.772. The largest absolute Gasteiger partial charge is 0.481 e. The topological polar surface area (TPSA) is 121 Å². The number of aryl methyl sites for hydroxylation is 1. The lowest BCUT2D eigenvalue weighted by Gasteiger charge is -2.18. The molecule has 0 aliphatic heterocycles. The molecule has 0 spiro atoms. The molecule has 0 aromatic heterocycles. The fraction of sp³-hybridized carbons (Fsp3) is 0.364. The number of carbonyl (C=O) groups is 1. The van der Waals surface area contributed by atoms with Crippen LogP contribution in [0.2, 0.25) is 0 Å². The van der Waals surface area contributed by atoms with Gasteiger partial charge in [0.05, 0.1) is 17.4 Å². The maximum Gasteiger partial charge on any atom is 0.306 e. The van der Waals surface area contributed by atoms with E-state index in [1.165, 1.54) is 18.2 Å². The van der Waals surface area contributed by atoms with Crippen LogP contribution in [0.1, 0.15) is 23.7 Å². The zero-order chi connectivity index (χ0) is 13.9. The van der Waals surface area contributed by atoms with Crippen molar-refractivity contribution in [3.05, 3.63) is 39.4 Å². The summed E-state index contributed by atoms with van der Waals surface area (Å²) < 4.78 is 0. The van der Waals surface area contributed by atoms with Gasteiger partial charge in [-0.25, -0.2) is 0 Å². The molecule has 1 aromatic carbocycles. The van der Waals surface area contributed by atoms with E-state index in [0.717, 1.165) is 0 Å². The van der Waals surface area contributed by atoms with Crippen molar-refractivity contribution >= 4 is 11.7 Å². The normalized spacial score (nSPS) is 13.9. The molecule has 0 saturated carbocycles. The second-order valence-corrected chi connectivity index (χ2v) is 3.91. The van der Waals surface area contributed by atoms with Gasteiger partial charge >= 0.3 is 5.97 Å². The van der Waals surface area contributed by atoms with Gasteiger partial charge in [-0.2, -0.15) is 0 Å². The van der Waals surface area contributed by atoms with Crippen LogP contribution in [-0.4, -0.2) is 32.3 Å². The second-order valence-electron chi connectivity index (χ2n) is 3.91. The Morgan fingerprint density at radius 2 is 2.06 bits per heavy atom. The molecule has 1 aromatic rings. The van der Waals surface area contributed by atoms with Gasteiger partial charge in [-0.3, -0.25) is 14.9 Å². The number of aliphatic hydroxyl groups excluding tert-OH is 2. The molecular formula is C11H13NO6. The Kier molecular flexibility index (Phi) is 4.35. The van der Waals surface area contributed by atoms with Crippen LogP contribution in [-0.2, 0) is 4.79 Å². The SMILES string of the molecule is Cc1cc([N+](=O)[O-])ccc1C(O)C(O)CC(=O)O. The molecule has 1 rings (SSSR count). The Hall–Kier alpha value is -1.99. The van der Waals surface area contributed by atoms with Crippen LogP contribution >= 0.6 is 0 Å². The van der Waals surface area contributed by atoms with Crippen molar-refractivity contribution in [1.82, 2.24) is 0 Å². The highest BCUT2D eigenvalue weighted by Gasteiger charge is 2.23. The highest BCUT2D eigenvalue weighted by molar-refractivity contribution is 5.67. The average molecular weight is 255 g/mol. The average Bonchev–Trinajstić information content (AvgIpc) is 2.26. The molecule has 0 aliphatic carbocycles. The fourth-order valence-electron chi connectivity index (χ4n) is 1.60. The van der Waals surface area contributed by atoms with Gasteiger partial charge in [0.25, 0.3) is 5.69 Å². The standard InChI is InChI=1S/C11H13NO6/c1-6-4-7(12(17)18)2-3-8(6)11(16)9(13)5-10(14)15/h2-4,9,11,13,16H,5H2,1H3,(H,14,15). The lowest BCUT2D eigenvalue weighted by molar-refractivity contribution is -0.384. The third-order valence-corrected chi connectivity index (χ3v) is 2.53. The molecule has 18 heavy (non-hydrogen) atoms. The molecule has 2 unspecified atom stereocenters. The Morgan fingerprint density at radius 3 is 2.50 bits per heavy atom. The summed E-state index contributed by atoms with van der Waals surface area (Å²) in [6.07, 6.45) is -3.44. The van der Waals surface area contributed by atoms with Crippen molar-refractivity contribution in [1.29, 1.82) is 0 Å². The minimum absolute atomic E-state index is 0.129. The van der Waals surface area contributed by atoms with Crippen LogP contribution in [0.25, 0.3) is 0 Å². The summed E-state index contributed by atoms with van der Waals surface area (Å²) in [5.41, 5.74) is 0.562. The highest BCUT2D eigenvalue weighted by atomic mass is 16.6. The Morgan fingerprint density at radius 1 is 1.44 bits per heavy atom. The summed E-state index contributed by atoms with van der Waals surface area (Å²) in [6, 6.07) is 3.76. The Bertz CT molecular complexity index is 473. The molecule has 2 atom stereocenters. The lowest BCUT2D eigenvalue weighted by atomic mass is 9.97. The van der Waals surface area contributed by atoms with Gasteiger partial charge in [0.1, 0.15) is 6.10 Å². The number of carboxylic acid groups (broad SMARTS) is 1. The number of hydrogen-bond acceptors (Lipinski definition) is 5. The third-order valence-electron chi connectivity index (χ3n) is 2.53. The molecule has 98 valence electrons. The minimum Gasteiger partial charge on any atom is -0.481 e. The lowest BCUT2D eigenvalue weighted by Crippen LogP contribution is -2.22. The van der Waals surface area contributed by atoms with Crippen LogP contribution in [0.4, 0.5) is 5.69 Å². The summed E-state index contributed by atoms with van der Waals surface area (Å²) >= 11 is 0. The van der Waals surface area contributed by atoms with E-state index in [1.54, 1.807) is 6.92 Å². The number of aliphatic hydroxyl groups is 2. The zero-order valence-electron chi connectivity index (χ0n) is 9.61. The number of nitro benzene ring substituents is 1. The number of nitrogens with zero attached hydrogens (tertiary/aromatic N) is 1. The number of benzene rings is 1. The monoisotopic (exact) mass is 255 g/mol. The molecule has 0 amide bonds. The number of rotatable bonds is 5. The number of hydrogen-bond donors (Lipinski definition) is 3. The second kappa shape index (κ2) is 5.56.